The standard InChI is InChI=1S/C8H9BrN2O4S/c1-2-10-16(14,15)8-5-6(11(12)13)3-4-7(8)9/h3-5,10H,2H2,1H3. The minimum absolute atomic E-state index is 0.136. The normalized spacial score (nSPS) is 11.4. The van der Waals surface area contributed by atoms with Crippen molar-refractivity contribution in [3.63, 3.8) is 0 Å². The molecule has 1 aromatic carbocycles. The Labute approximate surface area is 101 Å². The SMILES string of the molecule is CCNS(=O)(=O)c1cc([N+](=O)[O-])ccc1Br. The zero-order chi connectivity index (χ0) is 12.3. The van der Waals surface area contributed by atoms with E-state index in [1.807, 2.05) is 0 Å². The van der Waals surface area contributed by atoms with Crippen LogP contribution in [-0.4, -0.2) is 19.9 Å². The van der Waals surface area contributed by atoms with Gasteiger partial charge in [0, 0.05) is 23.2 Å². The quantitative estimate of drug-likeness (QED) is 0.676. The van der Waals surface area contributed by atoms with Crippen molar-refractivity contribution in [1.82, 2.24) is 4.72 Å². The lowest BCUT2D eigenvalue weighted by molar-refractivity contribution is -0.385. The fourth-order valence-corrected chi connectivity index (χ4v) is 3.10. The molecule has 0 unspecified atom stereocenters. The highest BCUT2D eigenvalue weighted by Crippen LogP contribution is 2.26. The van der Waals surface area contributed by atoms with E-state index in [1.165, 1.54) is 12.1 Å². The van der Waals surface area contributed by atoms with Gasteiger partial charge < -0.3 is 0 Å². The predicted molar refractivity (Wildman–Crippen MR) is 61.7 cm³/mol. The summed E-state index contributed by atoms with van der Waals surface area (Å²) < 4.78 is 25.9. The molecule has 1 N–H and O–H groups in total. The van der Waals surface area contributed by atoms with E-state index in [-0.39, 0.29) is 17.1 Å². The smallest absolute Gasteiger partial charge is 0.258 e. The van der Waals surface area contributed by atoms with E-state index < -0.39 is 14.9 Å². The van der Waals surface area contributed by atoms with Crippen LogP contribution in [0.25, 0.3) is 0 Å². The van der Waals surface area contributed by atoms with Crippen LogP contribution in [0.5, 0.6) is 0 Å². The summed E-state index contributed by atoms with van der Waals surface area (Å²) in [5, 5.41) is 10.5. The van der Waals surface area contributed by atoms with Gasteiger partial charge in [0.05, 0.1) is 4.92 Å². The summed E-state index contributed by atoms with van der Waals surface area (Å²) in [6.45, 7) is 1.85. The highest BCUT2D eigenvalue weighted by molar-refractivity contribution is 9.10. The summed E-state index contributed by atoms with van der Waals surface area (Å²) in [6, 6.07) is 3.58. The molecule has 0 aliphatic carbocycles. The van der Waals surface area contributed by atoms with Gasteiger partial charge in [0.25, 0.3) is 5.69 Å². The number of nitrogens with zero attached hydrogens (tertiary/aromatic N) is 1. The molecule has 0 atom stereocenters. The number of hydrogen-bond donors (Lipinski definition) is 1. The lowest BCUT2D eigenvalue weighted by Gasteiger charge is -2.06. The highest BCUT2D eigenvalue weighted by atomic mass is 79.9. The topological polar surface area (TPSA) is 89.3 Å². The molecular formula is C8H9BrN2O4S. The van der Waals surface area contributed by atoms with Crippen molar-refractivity contribution < 1.29 is 13.3 Å². The second-order valence-corrected chi connectivity index (χ2v) is 5.46. The summed E-state index contributed by atoms with van der Waals surface area (Å²) in [5.74, 6) is 0. The van der Waals surface area contributed by atoms with Gasteiger partial charge in [-0.1, -0.05) is 6.92 Å². The van der Waals surface area contributed by atoms with Gasteiger partial charge in [-0.25, -0.2) is 13.1 Å². The Morgan fingerprint density at radius 2 is 2.12 bits per heavy atom. The molecule has 16 heavy (non-hydrogen) atoms. The van der Waals surface area contributed by atoms with Crippen molar-refractivity contribution >= 4 is 31.6 Å². The maximum atomic E-state index is 11.7. The zero-order valence-corrected chi connectivity index (χ0v) is 10.7. The fraction of sp³-hybridized carbons (Fsp3) is 0.250. The number of nitrogens with one attached hydrogen (secondary N) is 1. The third kappa shape index (κ3) is 2.77. The summed E-state index contributed by atoms with van der Waals surface area (Å²) in [6.07, 6.45) is 0. The molecule has 6 nitrogen and oxygen atoms in total. The van der Waals surface area contributed by atoms with Gasteiger partial charge in [0.2, 0.25) is 10.0 Å². The fourth-order valence-electron chi connectivity index (χ4n) is 1.08. The monoisotopic (exact) mass is 308 g/mol. The van der Waals surface area contributed by atoms with Crippen LogP contribution in [0.1, 0.15) is 6.92 Å². The molecule has 0 heterocycles. The van der Waals surface area contributed by atoms with Crippen LogP contribution in [0.3, 0.4) is 0 Å². The van der Waals surface area contributed by atoms with Crippen molar-refractivity contribution in [3.8, 4) is 0 Å². The minimum Gasteiger partial charge on any atom is -0.258 e. The summed E-state index contributed by atoms with van der Waals surface area (Å²) in [5.41, 5.74) is -0.264. The number of rotatable bonds is 4. The van der Waals surface area contributed by atoms with E-state index >= 15 is 0 Å². The summed E-state index contributed by atoms with van der Waals surface area (Å²) >= 11 is 3.04. The molecule has 0 saturated carbocycles. The number of hydrogen-bond acceptors (Lipinski definition) is 4. The third-order valence-electron chi connectivity index (χ3n) is 1.75. The van der Waals surface area contributed by atoms with Crippen LogP contribution in [-0.2, 0) is 10.0 Å². The van der Waals surface area contributed by atoms with E-state index in [9.17, 15) is 18.5 Å². The number of halogens is 1. The molecule has 88 valence electrons. The van der Waals surface area contributed by atoms with Crippen molar-refractivity contribution in [2.24, 2.45) is 0 Å². The number of nitro benzene ring substituents is 1. The lowest BCUT2D eigenvalue weighted by Crippen LogP contribution is -2.23. The van der Waals surface area contributed by atoms with Gasteiger partial charge >= 0.3 is 0 Å². The average molecular weight is 309 g/mol. The van der Waals surface area contributed by atoms with Gasteiger partial charge in [0.1, 0.15) is 4.90 Å². The minimum atomic E-state index is -3.70. The zero-order valence-electron chi connectivity index (χ0n) is 8.31. The molecule has 0 amide bonds. The Morgan fingerprint density at radius 3 is 2.62 bits per heavy atom. The molecule has 0 radical (unpaired) electrons. The number of non-ortho nitro benzene ring substituents is 1. The second-order valence-electron chi connectivity index (χ2n) is 2.87. The average Bonchev–Trinajstić information content (AvgIpc) is 2.17. The van der Waals surface area contributed by atoms with Crippen LogP contribution in [0.2, 0.25) is 0 Å². The first kappa shape index (κ1) is 13.1. The molecule has 0 aliphatic rings. The molecule has 0 aromatic heterocycles. The van der Waals surface area contributed by atoms with Gasteiger partial charge in [-0.2, -0.15) is 0 Å². The maximum Gasteiger partial charge on any atom is 0.270 e. The van der Waals surface area contributed by atoms with Crippen molar-refractivity contribution in [2.45, 2.75) is 11.8 Å². The third-order valence-corrected chi connectivity index (χ3v) is 4.29. The Hall–Kier alpha value is -0.990. The van der Waals surface area contributed by atoms with Crippen LogP contribution in [0.15, 0.2) is 27.6 Å². The Bertz CT molecular complexity index is 515. The van der Waals surface area contributed by atoms with E-state index in [1.54, 1.807) is 6.92 Å². The van der Waals surface area contributed by atoms with Crippen LogP contribution in [0.4, 0.5) is 5.69 Å². The number of benzene rings is 1. The second kappa shape index (κ2) is 4.89. The lowest BCUT2D eigenvalue weighted by atomic mass is 10.3. The Morgan fingerprint density at radius 1 is 1.50 bits per heavy atom. The first-order chi connectivity index (χ1) is 7.38. The molecule has 8 heteroatoms. The predicted octanol–water partition coefficient (Wildman–Crippen LogP) is 1.66. The maximum absolute atomic E-state index is 11.7. The molecule has 1 rings (SSSR count). The van der Waals surface area contributed by atoms with E-state index in [0.717, 1.165) is 6.07 Å². The first-order valence-corrected chi connectivity index (χ1v) is 6.59. The van der Waals surface area contributed by atoms with E-state index in [4.69, 9.17) is 0 Å². The summed E-state index contributed by atoms with van der Waals surface area (Å²) in [4.78, 5) is 9.75. The molecule has 0 saturated heterocycles. The van der Waals surface area contributed by atoms with Crippen molar-refractivity contribution in [2.75, 3.05) is 6.54 Å². The van der Waals surface area contributed by atoms with Gasteiger partial charge in [-0.3, -0.25) is 10.1 Å². The van der Waals surface area contributed by atoms with Crippen molar-refractivity contribution in [1.29, 1.82) is 0 Å². The van der Waals surface area contributed by atoms with Crippen molar-refractivity contribution in [3.05, 3.63) is 32.8 Å². The Kier molecular flexibility index (Phi) is 4.00. The molecule has 1 aromatic rings. The van der Waals surface area contributed by atoms with E-state index in [0.29, 0.717) is 4.47 Å². The molecule has 0 spiro atoms. The highest BCUT2D eigenvalue weighted by Gasteiger charge is 2.20. The largest absolute Gasteiger partial charge is 0.270 e. The first-order valence-electron chi connectivity index (χ1n) is 4.32. The molecule has 0 bridgehead atoms. The van der Waals surface area contributed by atoms with E-state index in [2.05, 4.69) is 20.7 Å². The molecule has 0 aliphatic heterocycles. The Balaban J connectivity index is 3.33. The molecule has 0 fully saturated rings. The van der Waals surface area contributed by atoms with Gasteiger partial charge in [0.15, 0.2) is 0 Å². The molecular weight excluding hydrogens is 300 g/mol. The van der Waals surface area contributed by atoms with Gasteiger partial charge in [-0.15, -0.1) is 0 Å². The van der Waals surface area contributed by atoms with Gasteiger partial charge in [-0.05, 0) is 22.0 Å². The van der Waals surface area contributed by atoms with Crippen LogP contribution in [0, 0.1) is 10.1 Å². The summed E-state index contributed by atoms with van der Waals surface area (Å²) in [7, 11) is -3.70. The number of sulfonamides is 1. The van der Waals surface area contributed by atoms with Crippen LogP contribution >= 0.6 is 15.9 Å². The number of nitro groups is 1. The van der Waals surface area contributed by atoms with Crippen LogP contribution < -0.4 is 4.72 Å².